The molecule has 0 amide bonds. The van der Waals surface area contributed by atoms with Gasteiger partial charge in [-0.15, -0.1) is 0 Å². The molecule has 0 saturated heterocycles. The van der Waals surface area contributed by atoms with E-state index in [1.807, 2.05) is 30.8 Å². The van der Waals surface area contributed by atoms with Gasteiger partial charge in [0.15, 0.2) is 5.82 Å². The fraction of sp³-hybridized carbons (Fsp3) is 0.429. The predicted molar refractivity (Wildman–Crippen MR) is 77.2 cm³/mol. The van der Waals surface area contributed by atoms with Crippen LogP contribution >= 0.6 is 11.8 Å². The Morgan fingerprint density at radius 1 is 1.42 bits per heavy atom. The normalized spacial score (nSPS) is 12.6. The van der Waals surface area contributed by atoms with Gasteiger partial charge < -0.3 is 9.63 Å². The molecule has 1 heterocycles. The number of hydrogen-bond acceptors (Lipinski definition) is 5. The van der Waals surface area contributed by atoms with Crippen molar-refractivity contribution in [1.82, 2.24) is 10.1 Å². The average molecular weight is 278 g/mol. The van der Waals surface area contributed by atoms with Crippen molar-refractivity contribution < 1.29 is 9.63 Å². The minimum absolute atomic E-state index is 0.242. The average Bonchev–Trinajstić information content (AvgIpc) is 2.88. The van der Waals surface area contributed by atoms with Gasteiger partial charge in [-0.1, -0.05) is 25.1 Å². The van der Waals surface area contributed by atoms with Crippen LogP contribution in [-0.2, 0) is 5.75 Å². The number of aryl methyl sites for hydroxylation is 1. The zero-order valence-electron chi connectivity index (χ0n) is 11.4. The van der Waals surface area contributed by atoms with Gasteiger partial charge in [0, 0.05) is 10.8 Å². The van der Waals surface area contributed by atoms with E-state index in [-0.39, 0.29) is 5.75 Å². The van der Waals surface area contributed by atoms with E-state index in [1.54, 1.807) is 6.07 Å². The molecule has 0 spiro atoms. The SMILES string of the molecule is CCC(C)SCc1noc(-c2ccc(C)c(O)c2)n1. The number of phenols is 1. The number of hydrogen-bond donors (Lipinski definition) is 1. The highest BCUT2D eigenvalue weighted by molar-refractivity contribution is 7.99. The maximum atomic E-state index is 9.68. The summed E-state index contributed by atoms with van der Waals surface area (Å²) in [6.45, 7) is 6.19. The number of thioether (sulfide) groups is 1. The van der Waals surface area contributed by atoms with Gasteiger partial charge >= 0.3 is 0 Å². The molecule has 0 fully saturated rings. The molecule has 1 N–H and O–H groups in total. The summed E-state index contributed by atoms with van der Waals surface area (Å²) in [5.74, 6) is 2.14. The second kappa shape index (κ2) is 6.10. The standard InChI is InChI=1S/C14H18N2O2S/c1-4-10(3)19-8-13-15-14(18-16-13)11-6-5-9(2)12(17)7-11/h5-7,10,17H,4,8H2,1-3H3. The van der Waals surface area contributed by atoms with Gasteiger partial charge in [0.05, 0.1) is 5.75 Å². The molecular weight excluding hydrogens is 260 g/mol. The van der Waals surface area contributed by atoms with Crippen LogP contribution in [0, 0.1) is 6.92 Å². The smallest absolute Gasteiger partial charge is 0.258 e. The van der Waals surface area contributed by atoms with Crippen LogP contribution in [0.4, 0.5) is 0 Å². The third-order valence-electron chi connectivity index (χ3n) is 3.00. The van der Waals surface area contributed by atoms with E-state index in [0.717, 1.165) is 23.3 Å². The summed E-state index contributed by atoms with van der Waals surface area (Å²) in [5, 5.41) is 14.2. The number of nitrogens with zero attached hydrogens (tertiary/aromatic N) is 2. The van der Waals surface area contributed by atoms with Gasteiger partial charge in [0.1, 0.15) is 5.75 Å². The minimum Gasteiger partial charge on any atom is -0.508 e. The first-order valence-corrected chi connectivity index (χ1v) is 7.39. The monoisotopic (exact) mass is 278 g/mol. The molecule has 19 heavy (non-hydrogen) atoms. The van der Waals surface area contributed by atoms with E-state index in [9.17, 15) is 5.11 Å². The van der Waals surface area contributed by atoms with Crippen LogP contribution in [0.25, 0.3) is 11.5 Å². The summed E-state index contributed by atoms with van der Waals surface area (Å²) in [6, 6.07) is 5.35. The summed E-state index contributed by atoms with van der Waals surface area (Å²) >= 11 is 1.81. The highest BCUT2D eigenvalue weighted by Crippen LogP contribution is 2.26. The molecule has 1 aromatic carbocycles. The second-order valence-corrected chi connectivity index (χ2v) is 5.97. The highest BCUT2D eigenvalue weighted by Gasteiger charge is 2.11. The van der Waals surface area contributed by atoms with Crippen LogP contribution in [0.3, 0.4) is 0 Å². The molecule has 0 aliphatic rings. The van der Waals surface area contributed by atoms with Gasteiger partial charge in [0.2, 0.25) is 0 Å². The molecule has 4 nitrogen and oxygen atoms in total. The first kappa shape index (κ1) is 13.9. The Kier molecular flexibility index (Phi) is 4.47. The predicted octanol–water partition coefficient (Wildman–Crippen LogP) is 3.78. The lowest BCUT2D eigenvalue weighted by atomic mass is 10.1. The Balaban J connectivity index is 2.09. The van der Waals surface area contributed by atoms with E-state index >= 15 is 0 Å². The van der Waals surface area contributed by atoms with Crippen molar-refractivity contribution in [3.8, 4) is 17.2 Å². The Bertz CT molecular complexity index is 554. The van der Waals surface area contributed by atoms with Crippen molar-refractivity contribution in [3.05, 3.63) is 29.6 Å². The number of rotatable bonds is 5. The van der Waals surface area contributed by atoms with Crippen molar-refractivity contribution in [2.24, 2.45) is 0 Å². The van der Waals surface area contributed by atoms with Gasteiger partial charge in [-0.25, -0.2) is 0 Å². The Morgan fingerprint density at radius 2 is 2.21 bits per heavy atom. The third kappa shape index (κ3) is 3.50. The maximum Gasteiger partial charge on any atom is 0.258 e. The van der Waals surface area contributed by atoms with Crippen molar-refractivity contribution >= 4 is 11.8 Å². The van der Waals surface area contributed by atoms with Crippen LogP contribution in [-0.4, -0.2) is 20.5 Å². The summed E-state index contributed by atoms with van der Waals surface area (Å²) in [5.41, 5.74) is 1.58. The molecule has 0 saturated carbocycles. The van der Waals surface area contributed by atoms with Crippen molar-refractivity contribution in [1.29, 1.82) is 0 Å². The third-order valence-corrected chi connectivity index (χ3v) is 4.32. The van der Waals surface area contributed by atoms with Gasteiger partial charge in [-0.3, -0.25) is 0 Å². The molecular formula is C14H18N2O2S. The first-order chi connectivity index (χ1) is 9.10. The largest absolute Gasteiger partial charge is 0.508 e. The number of aromatic hydroxyl groups is 1. The van der Waals surface area contributed by atoms with E-state index in [4.69, 9.17) is 4.52 Å². The number of phenolic OH excluding ortho intramolecular Hbond substituents is 1. The molecule has 1 aromatic heterocycles. The molecule has 102 valence electrons. The molecule has 0 radical (unpaired) electrons. The Morgan fingerprint density at radius 3 is 2.89 bits per heavy atom. The number of benzene rings is 1. The molecule has 1 atom stereocenters. The number of aromatic nitrogens is 2. The van der Waals surface area contributed by atoms with E-state index in [2.05, 4.69) is 24.0 Å². The molecule has 2 rings (SSSR count). The quantitative estimate of drug-likeness (QED) is 0.901. The fourth-order valence-electron chi connectivity index (χ4n) is 1.51. The lowest BCUT2D eigenvalue weighted by molar-refractivity contribution is 0.424. The van der Waals surface area contributed by atoms with E-state index in [0.29, 0.717) is 17.0 Å². The van der Waals surface area contributed by atoms with Crippen LogP contribution in [0.1, 0.15) is 31.7 Å². The highest BCUT2D eigenvalue weighted by atomic mass is 32.2. The topological polar surface area (TPSA) is 59.2 Å². The first-order valence-electron chi connectivity index (χ1n) is 6.34. The fourth-order valence-corrected chi connectivity index (χ4v) is 2.29. The van der Waals surface area contributed by atoms with Crippen molar-refractivity contribution in [3.63, 3.8) is 0 Å². The van der Waals surface area contributed by atoms with Gasteiger partial charge in [0.25, 0.3) is 5.89 Å². The van der Waals surface area contributed by atoms with Crippen LogP contribution in [0.2, 0.25) is 0 Å². The maximum absolute atomic E-state index is 9.68. The van der Waals surface area contributed by atoms with Gasteiger partial charge in [-0.2, -0.15) is 16.7 Å². The molecule has 1 unspecified atom stereocenters. The minimum atomic E-state index is 0.242. The molecule has 2 aromatic rings. The Labute approximate surface area is 117 Å². The molecule has 0 bridgehead atoms. The molecule has 5 heteroatoms. The van der Waals surface area contributed by atoms with E-state index < -0.39 is 0 Å². The van der Waals surface area contributed by atoms with Crippen LogP contribution < -0.4 is 0 Å². The van der Waals surface area contributed by atoms with E-state index in [1.165, 1.54) is 0 Å². The summed E-state index contributed by atoms with van der Waals surface area (Å²) < 4.78 is 5.23. The Hall–Kier alpha value is -1.49. The van der Waals surface area contributed by atoms with Crippen molar-refractivity contribution in [2.45, 2.75) is 38.2 Å². The lowest BCUT2D eigenvalue weighted by Crippen LogP contribution is -1.94. The summed E-state index contributed by atoms with van der Waals surface area (Å²) in [4.78, 5) is 4.35. The summed E-state index contributed by atoms with van der Waals surface area (Å²) in [7, 11) is 0. The molecule has 0 aliphatic heterocycles. The van der Waals surface area contributed by atoms with Crippen LogP contribution in [0.5, 0.6) is 5.75 Å². The van der Waals surface area contributed by atoms with Gasteiger partial charge in [-0.05, 0) is 31.0 Å². The second-order valence-electron chi connectivity index (χ2n) is 4.55. The zero-order chi connectivity index (χ0) is 13.8. The van der Waals surface area contributed by atoms with Crippen LogP contribution in [0.15, 0.2) is 22.7 Å². The zero-order valence-corrected chi connectivity index (χ0v) is 12.2. The summed E-state index contributed by atoms with van der Waals surface area (Å²) in [6.07, 6.45) is 1.13. The van der Waals surface area contributed by atoms with Crippen molar-refractivity contribution in [2.75, 3.05) is 0 Å². The lowest BCUT2D eigenvalue weighted by Gasteiger charge is -2.04. The molecule has 0 aliphatic carbocycles.